The van der Waals surface area contributed by atoms with Crippen molar-refractivity contribution in [3.8, 4) is 0 Å². The van der Waals surface area contributed by atoms with Gasteiger partial charge < -0.3 is 15.3 Å². The highest BCUT2D eigenvalue weighted by Gasteiger charge is 2.21. The van der Waals surface area contributed by atoms with Crippen LogP contribution in [0.5, 0.6) is 0 Å². The third kappa shape index (κ3) is 6.47. The zero-order chi connectivity index (χ0) is 14.1. The molecule has 0 spiro atoms. The van der Waals surface area contributed by atoms with E-state index in [9.17, 15) is 9.59 Å². The molecule has 0 aromatic carbocycles. The number of hydrogen-bond acceptors (Lipinski definition) is 2. The second-order valence-electron chi connectivity index (χ2n) is 4.89. The molecule has 106 valence electrons. The van der Waals surface area contributed by atoms with Gasteiger partial charge in [-0.2, -0.15) is 0 Å². The van der Waals surface area contributed by atoms with Crippen LogP contribution in [0.25, 0.3) is 0 Å². The fourth-order valence-electron chi connectivity index (χ4n) is 1.90. The fourth-order valence-corrected chi connectivity index (χ4v) is 1.90. The van der Waals surface area contributed by atoms with E-state index in [2.05, 4.69) is 33.0 Å². The predicted octanol–water partition coefficient (Wildman–Crippen LogP) is 2.32. The third-order valence-electron chi connectivity index (χ3n) is 2.82. The molecule has 0 saturated heterocycles. The summed E-state index contributed by atoms with van der Waals surface area (Å²) in [5, 5.41) is 11.2. The summed E-state index contributed by atoms with van der Waals surface area (Å²) < 4.78 is 0. The lowest BCUT2D eigenvalue weighted by molar-refractivity contribution is -0.136. The molecular weight excluding hydrogens is 232 g/mol. The normalized spacial score (nSPS) is 10.8. The van der Waals surface area contributed by atoms with Crippen LogP contribution in [-0.2, 0) is 4.79 Å². The number of amides is 2. The maximum atomic E-state index is 12.0. The first kappa shape index (κ1) is 16.7. The van der Waals surface area contributed by atoms with Gasteiger partial charge in [0.2, 0.25) is 0 Å². The van der Waals surface area contributed by atoms with E-state index >= 15 is 0 Å². The van der Waals surface area contributed by atoms with Gasteiger partial charge in [-0.15, -0.1) is 0 Å². The Morgan fingerprint density at radius 3 is 2.17 bits per heavy atom. The lowest BCUT2D eigenvalue weighted by atomic mass is 10.1. The maximum absolute atomic E-state index is 12.0. The van der Waals surface area contributed by atoms with Gasteiger partial charge in [-0.05, 0) is 18.8 Å². The number of carboxylic acid groups (broad SMARTS) is 1. The second-order valence-corrected chi connectivity index (χ2v) is 4.89. The van der Waals surface area contributed by atoms with Gasteiger partial charge in [0, 0.05) is 19.1 Å². The van der Waals surface area contributed by atoms with Crippen LogP contribution < -0.4 is 5.32 Å². The Labute approximate surface area is 110 Å². The van der Waals surface area contributed by atoms with Gasteiger partial charge in [-0.25, -0.2) is 4.79 Å². The van der Waals surface area contributed by atoms with E-state index in [0.29, 0.717) is 12.5 Å². The Morgan fingerprint density at radius 2 is 1.78 bits per heavy atom. The van der Waals surface area contributed by atoms with Crippen molar-refractivity contribution in [3.63, 3.8) is 0 Å². The van der Waals surface area contributed by atoms with Crippen molar-refractivity contribution in [2.24, 2.45) is 5.92 Å². The van der Waals surface area contributed by atoms with Crippen molar-refractivity contribution in [2.75, 3.05) is 13.1 Å². The van der Waals surface area contributed by atoms with E-state index in [1.807, 2.05) is 4.90 Å². The molecular formula is C13H26N2O3. The molecule has 5 nitrogen and oxygen atoms in total. The van der Waals surface area contributed by atoms with Crippen molar-refractivity contribution in [1.29, 1.82) is 0 Å². The van der Waals surface area contributed by atoms with Crippen molar-refractivity contribution in [1.82, 2.24) is 10.2 Å². The first-order valence-electron chi connectivity index (χ1n) is 6.68. The summed E-state index contributed by atoms with van der Waals surface area (Å²) in [6.45, 7) is 9.14. The standard InChI is InChI=1S/C13H26N2O3/c1-5-11(6-2)15(9-10(3)4)13(18)14-8-7-12(16)17/h10-11H,5-9H2,1-4H3,(H,14,18)(H,16,17). The number of carbonyl (C=O) groups is 2. The Bertz CT molecular complexity index is 263. The van der Waals surface area contributed by atoms with E-state index in [0.717, 1.165) is 12.8 Å². The molecule has 0 heterocycles. The Kier molecular flexibility index (Phi) is 8.16. The van der Waals surface area contributed by atoms with Crippen LogP contribution in [0.3, 0.4) is 0 Å². The Balaban J connectivity index is 4.43. The highest BCUT2D eigenvalue weighted by Crippen LogP contribution is 2.11. The van der Waals surface area contributed by atoms with Crippen molar-refractivity contribution < 1.29 is 14.7 Å². The number of aliphatic carboxylic acids is 1. The minimum atomic E-state index is -0.895. The lowest BCUT2D eigenvalue weighted by Gasteiger charge is -2.32. The maximum Gasteiger partial charge on any atom is 0.317 e. The molecule has 18 heavy (non-hydrogen) atoms. The zero-order valence-corrected chi connectivity index (χ0v) is 11.9. The molecule has 0 aromatic rings. The molecule has 0 aliphatic rings. The number of rotatable bonds is 8. The van der Waals surface area contributed by atoms with Gasteiger partial charge >= 0.3 is 12.0 Å². The monoisotopic (exact) mass is 258 g/mol. The van der Waals surface area contributed by atoms with E-state index in [1.54, 1.807) is 0 Å². The summed E-state index contributed by atoms with van der Waals surface area (Å²) >= 11 is 0. The lowest BCUT2D eigenvalue weighted by Crippen LogP contribution is -2.47. The Morgan fingerprint density at radius 1 is 1.22 bits per heavy atom. The highest BCUT2D eigenvalue weighted by atomic mass is 16.4. The topological polar surface area (TPSA) is 69.6 Å². The molecule has 0 unspecified atom stereocenters. The van der Waals surface area contributed by atoms with Crippen molar-refractivity contribution in [2.45, 2.75) is 53.0 Å². The SMILES string of the molecule is CCC(CC)N(CC(C)C)C(=O)NCCC(=O)O. The largest absolute Gasteiger partial charge is 0.481 e. The van der Waals surface area contributed by atoms with E-state index < -0.39 is 5.97 Å². The molecule has 5 heteroatoms. The Hall–Kier alpha value is -1.26. The smallest absolute Gasteiger partial charge is 0.317 e. The van der Waals surface area contributed by atoms with Crippen LogP contribution in [-0.4, -0.2) is 41.1 Å². The summed E-state index contributed by atoms with van der Waals surface area (Å²) in [6, 6.07) is 0.0656. The molecule has 0 aliphatic heterocycles. The quantitative estimate of drug-likeness (QED) is 0.702. The summed E-state index contributed by atoms with van der Waals surface area (Å²) in [5.41, 5.74) is 0. The van der Waals surface area contributed by atoms with Gasteiger partial charge in [0.1, 0.15) is 0 Å². The van der Waals surface area contributed by atoms with E-state index in [4.69, 9.17) is 5.11 Å². The molecule has 0 radical (unpaired) electrons. The van der Waals surface area contributed by atoms with Crippen molar-refractivity contribution in [3.05, 3.63) is 0 Å². The summed E-state index contributed by atoms with van der Waals surface area (Å²) in [6.07, 6.45) is 1.79. The minimum Gasteiger partial charge on any atom is -0.481 e. The van der Waals surface area contributed by atoms with Crippen LogP contribution in [0.4, 0.5) is 4.79 Å². The first-order chi connectivity index (χ1) is 8.42. The van der Waals surface area contributed by atoms with Gasteiger partial charge in [-0.3, -0.25) is 4.79 Å². The van der Waals surface area contributed by atoms with Gasteiger partial charge in [-0.1, -0.05) is 27.7 Å². The summed E-state index contributed by atoms with van der Waals surface area (Å²) in [4.78, 5) is 24.3. The number of carbonyl (C=O) groups excluding carboxylic acids is 1. The third-order valence-corrected chi connectivity index (χ3v) is 2.82. The molecule has 0 aromatic heterocycles. The van der Waals surface area contributed by atoms with E-state index in [1.165, 1.54) is 0 Å². The highest BCUT2D eigenvalue weighted by molar-refractivity contribution is 5.75. The molecule has 0 atom stereocenters. The second kappa shape index (κ2) is 8.78. The van der Waals surface area contributed by atoms with Crippen molar-refractivity contribution >= 4 is 12.0 Å². The van der Waals surface area contributed by atoms with Gasteiger partial charge in [0.25, 0.3) is 0 Å². The molecule has 2 N–H and O–H groups in total. The molecule has 0 aliphatic carbocycles. The number of urea groups is 1. The van der Waals surface area contributed by atoms with Crippen LogP contribution >= 0.6 is 0 Å². The van der Waals surface area contributed by atoms with Crippen LogP contribution in [0.15, 0.2) is 0 Å². The average molecular weight is 258 g/mol. The van der Waals surface area contributed by atoms with Crippen LogP contribution in [0.1, 0.15) is 47.0 Å². The van der Waals surface area contributed by atoms with E-state index in [-0.39, 0.29) is 25.0 Å². The molecule has 2 amide bonds. The van der Waals surface area contributed by atoms with Crippen LogP contribution in [0, 0.1) is 5.92 Å². The predicted molar refractivity (Wildman–Crippen MR) is 71.6 cm³/mol. The van der Waals surface area contributed by atoms with Crippen LogP contribution in [0.2, 0.25) is 0 Å². The fraction of sp³-hybridized carbons (Fsp3) is 0.846. The average Bonchev–Trinajstić information content (AvgIpc) is 2.28. The summed E-state index contributed by atoms with van der Waals surface area (Å²) in [5.74, 6) is -0.496. The molecule has 0 bridgehead atoms. The minimum absolute atomic E-state index is 0.0375. The molecule has 0 fully saturated rings. The molecule has 0 saturated carbocycles. The number of nitrogens with one attached hydrogen (secondary N) is 1. The van der Waals surface area contributed by atoms with Gasteiger partial charge in [0.15, 0.2) is 0 Å². The zero-order valence-electron chi connectivity index (χ0n) is 11.9. The number of nitrogens with zero attached hydrogens (tertiary/aromatic N) is 1. The molecule has 0 rings (SSSR count). The van der Waals surface area contributed by atoms with Gasteiger partial charge in [0.05, 0.1) is 6.42 Å². The first-order valence-corrected chi connectivity index (χ1v) is 6.68. The summed E-state index contributed by atoms with van der Waals surface area (Å²) in [7, 11) is 0. The number of hydrogen-bond donors (Lipinski definition) is 2. The number of carboxylic acids is 1.